The second-order valence-corrected chi connectivity index (χ2v) is 4.50. The molecule has 0 aromatic heterocycles. The molecule has 0 radical (unpaired) electrons. The standard InChI is InChI=1S/C14H21NO/c1-11(2)15-9-8-14(16)10-13-7-5-4-6-12(13)3/h4-7,11,15H,8-10H2,1-3H3. The topological polar surface area (TPSA) is 29.1 Å². The van der Waals surface area contributed by atoms with Gasteiger partial charge in [-0.15, -0.1) is 0 Å². The highest BCUT2D eigenvalue weighted by atomic mass is 16.1. The molecule has 0 saturated carbocycles. The molecule has 0 fully saturated rings. The molecule has 0 aliphatic heterocycles. The second kappa shape index (κ2) is 6.44. The van der Waals surface area contributed by atoms with Gasteiger partial charge in [0.1, 0.15) is 5.78 Å². The summed E-state index contributed by atoms with van der Waals surface area (Å²) in [4.78, 5) is 11.7. The average molecular weight is 219 g/mol. The molecule has 0 aliphatic rings. The molecule has 88 valence electrons. The second-order valence-electron chi connectivity index (χ2n) is 4.50. The Labute approximate surface area is 98.1 Å². The van der Waals surface area contributed by atoms with E-state index in [4.69, 9.17) is 0 Å². The van der Waals surface area contributed by atoms with Gasteiger partial charge in [0.15, 0.2) is 0 Å². The van der Waals surface area contributed by atoms with Crippen LogP contribution in [-0.4, -0.2) is 18.4 Å². The Hall–Kier alpha value is -1.15. The van der Waals surface area contributed by atoms with Gasteiger partial charge in [0.25, 0.3) is 0 Å². The quantitative estimate of drug-likeness (QED) is 0.796. The Bertz CT molecular complexity index is 344. The molecule has 0 atom stereocenters. The van der Waals surface area contributed by atoms with Crippen LogP contribution in [0.25, 0.3) is 0 Å². The highest BCUT2D eigenvalue weighted by Crippen LogP contribution is 2.08. The van der Waals surface area contributed by atoms with Gasteiger partial charge >= 0.3 is 0 Å². The van der Waals surface area contributed by atoms with E-state index in [2.05, 4.69) is 32.2 Å². The molecule has 0 heterocycles. The fourth-order valence-corrected chi connectivity index (χ4v) is 1.61. The molecule has 1 N–H and O–H groups in total. The maximum absolute atomic E-state index is 11.7. The number of hydrogen-bond acceptors (Lipinski definition) is 2. The third kappa shape index (κ3) is 4.58. The largest absolute Gasteiger partial charge is 0.314 e. The van der Waals surface area contributed by atoms with Crippen LogP contribution in [0.2, 0.25) is 0 Å². The molecule has 1 aromatic carbocycles. The summed E-state index contributed by atoms with van der Waals surface area (Å²) in [5.41, 5.74) is 2.35. The molecule has 0 bridgehead atoms. The van der Waals surface area contributed by atoms with Gasteiger partial charge in [-0.1, -0.05) is 38.1 Å². The first-order valence-electron chi connectivity index (χ1n) is 5.89. The SMILES string of the molecule is Cc1ccccc1CC(=O)CCNC(C)C. The van der Waals surface area contributed by atoms with Crippen molar-refractivity contribution in [2.24, 2.45) is 0 Å². The molecule has 1 rings (SSSR count). The number of benzene rings is 1. The fraction of sp³-hybridized carbons (Fsp3) is 0.500. The summed E-state index contributed by atoms with van der Waals surface area (Å²) in [6.07, 6.45) is 1.18. The lowest BCUT2D eigenvalue weighted by Gasteiger charge is -2.08. The lowest BCUT2D eigenvalue weighted by atomic mass is 10.0. The van der Waals surface area contributed by atoms with Crippen LogP contribution in [0.1, 0.15) is 31.4 Å². The molecule has 0 unspecified atom stereocenters. The number of carbonyl (C=O) groups excluding carboxylic acids is 1. The summed E-state index contributed by atoms with van der Waals surface area (Å²) in [5.74, 6) is 0.308. The van der Waals surface area contributed by atoms with Crippen molar-refractivity contribution < 1.29 is 4.79 Å². The highest BCUT2D eigenvalue weighted by Gasteiger charge is 2.05. The summed E-state index contributed by atoms with van der Waals surface area (Å²) in [7, 11) is 0. The average Bonchev–Trinajstić information content (AvgIpc) is 2.21. The summed E-state index contributed by atoms with van der Waals surface area (Å²) >= 11 is 0. The van der Waals surface area contributed by atoms with Gasteiger partial charge in [0.05, 0.1) is 0 Å². The summed E-state index contributed by atoms with van der Waals surface area (Å²) in [6.45, 7) is 7.01. The van der Waals surface area contributed by atoms with E-state index < -0.39 is 0 Å². The molecule has 0 spiro atoms. The van der Waals surface area contributed by atoms with Crippen LogP contribution in [0.3, 0.4) is 0 Å². The third-order valence-electron chi connectivity index (χ3n) is 2.61. The van der Waals surface area contributed by atoms with Crippen LogP contribution in [0.15, 0.2) is 24.3 Å². The van der Waals surface area contributed by atoms with E-state index in [1.165, 1.54) is 5.56 Å². The van der Waals surface area contributed by atoms with Gasteiger partial charge < -0.3 is 5.32 Å². The summed E-state index contributed by atoms with van der Waals surface area (Å²) in [6, 6.07) is 8.52. The van der Waals surface area contributed by atoms with Gasteiger partial charge in [-0.3, -0.25) is 4.79 Å². The van der Waals surface area contributed by atoms with E-state index in [9.17, 15) is 4.79 Å². The van der Waals surface area contributed by atoms with Crippen molar-refractivity contribution in [3.05, 3.63) is 35.4 Å². The zero-order valence-corrected chi connectivity index (χ0v) is 10.4. The number of ketones is 1. The first-order valence-corrected chi connectivity index (χ1v) is 5.89. The van der Waals surface area contributed by atoms with Crippen LogP contribution >= 0.6 is 0 Å². The molecular weight excluding hydrogens is 198 g/mol. The van der Waals surface area contributed by atoms with Crippen molar-refractivity contribution in [3.63, 3.8) is 0 Å². The zero-order valence-electron chi connectivity index (χ0n) is 10.4. The number of nitrogens with one attached hydrogen (secondary N) is 1. The Kier molecular flexibility index (Phi) is 5.20. The minimum absolute atomic E-state index is 0.308. The van der Waals surface area contributed by atoms with Crippen LogP contribution in [0.4, 0.5) is 0 Å². The Morgan fingerprint density at radius 2 is 2.00 bits per heavy atom. The predicted molar refractivity (Wildman–Crippen MR) is 67.6 cm³/mol. The van der Waals surface area contributed by atoms with Gasteiger partial charge in [-0.05, 0) is 18.1 Å². The third-order valence-corrected chi connectivity index (χ3v) is 2.61. The maximum atomic E-state index is 11.7. The first kappa shape index (κ1) is 12.9. The van der Waals surface area contributed by atoms with Crippen molar-refractivity contribution >= 4 is 5.78 Å². The van der Waals surface area contributed by atoms with Crippen LogP contribution in [-0.2, 0) is 11.2 Å². The molecule has 0 aliphatic carbocycles. The fourth-order valence-electron chi connectivity index (χ4n) is 1.61. The molecule has 1 aromatic rings. The summed E-state index contributed by atoms with van der Waals surface area (Å²) < 4.78 is 0. The number of Topliss-reactive ketones (excluding diaryl/α,β-unsaturated/α-hetero) is 1. The van der Waals surface area contributed by atoms with Gasteiger partial charge in [0, 0.05) is 25.4 Å². The van der Waals surface area contributed by atoms with Crippen LogP contribution < -0.4 is 5.32 Å². The lowest BCUT2D eigenvalue weighted by molar-refractivity contribution is -0.118. The minimum Gasteiger partial charge on any atom is -0.314 e. The zero-order chi connectivity index (χ0) is 12.0. The highest BCUT2D eigenvalue weighted by molar-refractivity contribution is 5.81. The van der Waals surface area contributed by atoms with Gasteiger partial charge in [-0.25, -0.2) is 0 Å². The maximum Gasteiger partial charge on any atom is 0.138 e. The first-order chi connectivity index (χ1) is 7.59. The van der Waals surface area contributed by atoms with Crippen molar-refractivity contribution in [3.8, 4) is 0 Å². The number of aryl methyl sites for hydroxylation is 1. The minimum atomic E-state index is 0.308. The molecule has 0 amide bonds. The van der Waals surface area contributed by atoms with Crippen molar-refractivity contribution in [2.45, 2.75) is 39.7 Å². The monoisotopic (exact) mass is 219 g/mol. The predicted octanol–water partition coefficient (Wildman–Crippen LogP) is 2.49. The smallest absolute Gasteiger partial charge is 0.138 e. The lowest BCUT2D eigenvalue weighted by Crippen LogP contribution is -2.25. The molecule has 16 heavy (non-hydrogen) atoms. The summed E-state index contributed by atoms with van der Waals surface area (Å²) in [5, 5.41) is 3.26. The van der Waals surface area contributed by atoms with Gasteiger partial charge in [0.2, 0.25) is 0 Å². The van der Waals surface area contributed by atoms with E-state index in [-0.39, 0.29) is 0 Å². The molecule has 2 nitrogen and oxygen atoms in total. The molecule has 2 heteroatoms. The van der Waals surface area contributed by atoms with Gasteiger partial charge in [-0.2, -0.15) is 0 Å². The van der Waals surface area contributed by atoms with E-state index >= 15 is 0 Å². The van der Waals surface area contributed by atoms with Crippen LogP contribution in [0, 0.1) is 6.92 Å². The molecule has 0 saturated heterocycles. The van der Waals surface area contributed by atoms with E-state index in [1.54, 1.807) is 0 Å². The normalized spacial score (nSPS) is 10.8. The number of carbonyl (C=O) groups is 1. The Balaban J connectivity index is 2.37. The Morgan fingerprint density at radius 1 is 1.31 bits per heavy atom. The van der Waals surface area contributed by atoms with Crippen molar-refractivity contribution in [1.29, 1.82) is 0 Å². The Morgan fingerprint density at radius 3 is 2.62 bits per heavy atom. The van der Waals surface area contributed by atoms with Crippen LogP contribution in [0.5, 0.6) is 0 Å². The number of rotatable bonds is 6. The van der Waals surface area contributed by atoms with Crippen molar-refractivity contribution in [1.82, 2.24) is 5.32 Å². The van der Waals surface area contributed by atoms with E-state index in [0.717, 1.165) is 12.1 Å². The van der Waals surface area contributed by atoms with E-state index in [0.29, 0.717) is 24.7 Å². The van der Waals surface area contributed by atoms with E-state index in [1.807, 2.05) is 18.2 Å². The number of hydrogen-bond donors (Lipinski definition) is 1. The molecular formula is C14H21NO. The van der Waals surface area contributed by atoms with Crippen molar-refractivity contribution in [2.75, 3.05) is 6.54 Å².